The summed E-state index contributed by atoms with van der Waals surface area (Å²) in [6, 6.07) is 16.4. The van der Waals surface area contributed by atoms with Crippen molar-refractivity contribution < 1.29 is 4.79 Å². The van der Waals surface area contributed by atoms with E-state index in [1.54, 1.807) is 0 Å². The SMILES string of the molecule is Cc1cc(C)cc(C(=O)N2CCN(C/C=C/c3ccccc3)CC2)c1. The zero-order valence-corrected chi connectivity index (χ0v) is 15.1. The quantitative estimate of drug-likeness (QED) is 0.850. The molecule has 0 saturated carbocycles. The molecular weight excluding hydrogens is 308 g/mol. The van der Waals surface area contributed by atoms with Gasteiger partial charge in [0.2, 0.25) is 0 Å². The summed E-state index contributed by atoms with van der Waals surface area (Å²) in [7, 11) is 0. The summed E-state index contributed by atoms with van der Waals surface area (Å²) < 4.78 is 0. The van der Waals surface area contributed by atoms with E-state index in [2.05, 4.69) is 47.4 Å². The largest absolute Gasteiger partial charge is 0.336 e. The Balaban J connectivity index is 1.51. The van der Waals surface area contributed by atoms with E-state index < -0.39 is 0 Å². The number of carbonyl (C=O) groups excluding carboxylic acids is 1. The Morgan fingerprint density at radius 1 is 0.960 bits per heavy atom. The van der Waals surface area contributed by atoms with Gasteiger partial charge < -0.3 is 4.90 Å². The lowest BCUT2D eigenvalue weighted by Crippen LogP contribution is -2.48. The minimum Gasteiger partial charge on any atom is -0.336 e. The molecular formula is C22H26N2O. The van der Waals surface area contributed by atoms with Crippen molar-refractivity contribution in [1.82, 2.24) is 9.80 Å². The summed E-state index contributed by atoms with van der Waals surface area (Å²) in [5.74, 6) is 0.159. The minimum atomic E-state index is 0.159. The Morgan fingerprint density at radius 3 is 2.24 bits per heavy atom. The predicted octanol–water partition coefficient (Wildman–Crippen LogP) is 3.77. The van der Waals surface area contributed by atoms with E-state index in [1.807, 2.05) is 36.9 Å². The normalized spacial score (nSPS) is 15.7. The number of rotatable bonds is 4. The zero-order valence-electron chi connectivity index (χ0n) is 15.1. The van der Waals surface area contributed by atoms with Crippen molar-refractivity contribution in [1.29, 1.82) is 0 Å². The summed E-state index contributed by atoms with van der Waals surface area (Å²) >= 11 is 0. The van der Waals surface area contributed by atoms with Gasteiger partial charge >= 0.3 is 0 Å². The fraction of sp³-hybridized carbons (Fsp3) is 0.318. The van der Waals surface area contributed by atoms with Crippen LogP contribution in [0.25, 0.3) is 6.08 Å². The number of benzene rings is 2. The molecule has 0 atom stereocenters. The highest BCUT2D eigenvalue weighted by Crippen LogP contribution is 2.13. The van der Waals surface area contributed by atoms with Crippen molar-refractivity contribution in [2.75, 3.05) is 32.7 Å². The molecule has 3 heteroatoms. The van der Waals surface area contributed by atoms with Crippen molar-refractivity contribution >= 4 is 12.0 Å². The molecule has 0 aromatic heterocycles. The zero-order chi connectivity index (χ0) is 17.6. The third-order valence-electron chi connectivity index (χ3n) is 4.60. The molecule has 0 radical (unpaired) electrons. The average molecular weight is 334 g/mol. The van der Waals surface area contributed by atoms with Gasteiger partial charge in [-0.15, -0.1) is 0 Å². The van der Waals surface area contributed by atoms with Gasteiger partial charge in [0.15, 0.2) is 0 Å². The van der Waals surface area contributed by atoms with E-state index in [4.69, 9.17) is 0 Å². The van der Waals surface area contributed by atoms with Crippen LogP contribution in [0.15, 0.2) is 54.6 Å². The van der Waals surface area contributed by atoms with E-state index in [1.165, 1.54) is 5.56 Å². The first kappa shape index (κ1) is 17.4. The molecule has 1 saturated heterocycles. The van der Waals surface area contributed by atoms with Crippen molar-refractivity contribution in [2.24, 2.45) is 0 Å². The highest BCUT2D eigenvalue weighted by atomic mass is 16.2. The highest BCUT2D eigenvalue weighted by Gasteiger charge is 2.21. The fourth-order valence-corrected chi connectivity index (χ4v) is 3.32. The third-order valence-corrected chi connectivity index (χ3v) is 4.60. The second kappa shape index (κ2) is 8.13. The summed E-state index contributed by atoms with van der Waals surface area (Å²) in [4.78, 5) is 17.1. The third kappa shape index (κ3) is 4.80. The molecule has 3 rings (SSSR count). The molecule has 0 bridgehead atoms. The van der Waals surface area contributed by atoms with Crippen LogP contribution < -0.4 is 0 Å². The molecule has 2 aromatic rings. The van der Waals surface area contributed by atoms with Crippen molar-refractivity contribution in [3.05, 3.63) is 76.9 Å². The second-order valence-electron chi connectivity index (χ2n) is 6.78. The molecule has 130 valence electrons. The number of nitrogens with zero attached hydrogens (tertiary/aromatic N) is 2. The van der Waals surface area contributed by atoms with Crippen molar-refractivity contribution in [2.45, 2.75) is 13.8 Å². The van der Waals surface area contributed by atoms with Gasteiger partial charge in [0, 0.05) is 38.3 Å². The molecule has 1 fully saturated rings. The maximum absolute atomic E-state index is 12.7. The monoisotopic (exact) mass is 334 g/mol. The Labute approximate surface area is 150 Å². The summed E-state index contributed by atoms with van der Waals surface area (Å²) in [5, 5.41) is 0. The highest BCUT2D eigenvalue weighted by molar-refractivity contribution is 5.94. The summed E-state index contributed by atoms with van der Waals surface area (Å²) in [6.45, 7) is 8.46. The first-order valence-electron chi connectivity index (χ1n) is 8.93. The number of carbonyl (C=O) groups is 1. The summed E-state index contributed by atoms with van der Waals surface area (Å²) in [5.41, 5.74) is 4.34. The van der Waals surface area contributed by atoms with E-state index in [0.29, 0.717) is 0 Å². The van der Waals surface area contributed by atoms with Crippen LogP contribution in [0.4, 0.5) is 0 Å². The molecule has 3 nitrogen and oxygen atoms in total. The number of hydrogen-bond acceptors (Lipinski definition) is 2. The minimum absolute atomic E-state index is 0.159. The lowest BCUT2D eigenvalue weighted by atomic mass is 10.1. The molecule has 0 unspecified atom stereocenters. The molecule has 25 heavy (non-hydrogen) atoms. The van der Waals surface area contributed by atoms with Crippen LogP contribution in [0.5, 0.6) is 0 Å². The van der Waals surface area contributed by atoms with Crippen LogP contribution >= 0.6 is 0 Å². The number of aryl methyl sites for hydroxylation is 2. The van der Waals surface area contributed by atoms with E-state index >= 15 is 0 Å². The maximum Gasteiger partial charge on any atom is 0.253 e. The molecule has 0 aliphatic carbocycles. The Kier molecular flexibility index (Phi) is 5.67. The molecule has 1 heterocycles. The van der Waals surface area contributed by atoms with Crippen LogP contribution in [0.1, 0.15) is 27.0 Å². The molecule has 1 amide bonds. The summed E-state index contributed by atoms with van der Waals surface area (Å²) in [6.07, 6.45) is 4.36. The number of hydrogen-bond donors (Lipinski definition) is 0. The van der Waals surface area contributed by atoms with E-state index in [9.17, 15) is 4.79 Å². The van der Waals surface area contributed by atoms with Crippen molar-refractivity contribution in [3.8, 4) is 0 Å². The Bertz CT molecular complexity index is 724. The van der Waals surface area contributed by atoms with Crippen molar-refractivity contribution in [3.63, 3.8) is 0 Å². The van der Waals surface area contributed by atoms with Crippen LogP contribution in [-0.4, -0.2) is 48.4 Å². The van der Waals surface area contributed by atoms with Gasteiger partial charge in [-0.2, -0.15) is 0 Å². The van der Waals surface area contributed by atoms with Gasteiger partial charge in [-0.1, -0.05) is 59.7 Å². The second-order valence-corrected chi connectivity index (χ2v) is 6.78. The van der Waals surface area contributed by atoms with Crippen LogP contribution in [0, 0.1) is 13.8 Å². The number of piperazine rings is 1. The predicted molar refractivity (Wildman–Crippen MR) is 104 cm³/mol. The van der Waals surface area contributed by atoms with E-state index in [-0.39, 0.29) is 5.91 Å². The van der Waals surface area contributed by atoms with Gasteiger partial charge in [0.25, 0.3) is 5.91 Å². The molecule has 2 aromatic carbocycles. The number of amides is 1. The van der Waals surface area contributed by atoms with Crippen LogP contribution in [0.3, 0.4) is 0 Å². The maximum atomic E-state index is 12.7. The average Bonchev–Trinajstić information content (AvgIpc) is 2.62. The smallest absolute Gasteiger partial charge is 0.253 e. The topological polar surface area (TPSA) is 23.6 Å². The fourth-order valence-electron chi connectivity index (χ4n) is 3.32. The van der Waals surface area contributed by atoms with Gasteiger partial charge in [0.1, 0.15) is 0 Å². The standard InChI is InChI=1S/C22H26N2O/c1-18-15-19(2)17-21(16-18)22(25)24-13-11-23(12-14-24)10-6-9-20-7-4-3-5-8-20/h3-9,15-17H,10-14H2,1-2H3/b9-6+. The van der Waals surface area contributed by atoms with Gasteiger partial charge in [-0.3, -0.25) is 9.69 Å². The van der Waals surface area contributed by atoms with Gasteiger partial charge in [-0.25, -0.2) is 0 Å². The Morgan fingerprint density at radius 2 is 1.60 bits per heavy atom. The van der Waals surface area contributed by atoms with Gasteiger partial charge in [0.05, 0.1) is 0 Å². The molecule has 0 N–H and O–H groups in total. The molecule has 1 aliphatic heterocycles. The lowest BCUT2D eigenvalue weighted by molar-refractivity contribution is 0.0650. The van der Waals surface area contributed by atoms with Crippen LogP contribution in [-0.2, 0) is 0 Å². The first-order chi connectivity index (χ1) is 12.1. The molecule has 0 spiro atoms. The lowest BCUT2D eigenvalue weighted by Gasteiger charge is -2.34. The van der Waals surface area contributed by atoms with E-state index in [0.717, 1.165) is 49.4 Å². The van der Waals surface area contributed by atoms with Gasteiger partial charge in [-0.05, 0) is 31.5 Å². The first-order valence-corrected chi connectivity index (χ1v) is 8.93. The molecule has 1 aliphatic rings. The Hall–Kier alpha value is -2.39. The van der Waals surface area contributed by atoms with Crippen LogP contribution in [0.2, 0.25) is 0 Å².